The van der Waals surface area contributed by atoms with E-state index < -0.39 is 53.5 Å². The Morgan fingerprint density at radius 2 is 1.30 bits per heavy atom. The minimum absolute atomic E-state index is 0.0768. The van der Waals surface area contributed by atoms with Gasteiger partial charge in [0.2, 0.25) is 5.91 Å². The van der Waals surface area contributed by atoms with E-state index in [0.29, 0.717) is 0 Å². The number of hydrogen-bond donors (Lipinski definition) is 2. The largest absolute Gasteiger partial charge is 0.457 e. The molecule has 43 heavy (non-hydrogen) atoms. The van der Waals surface area contributed by atoms with E-state index in [9.17, 15) is 19.5 Å². The number of esters is 1. The van der Waals surface area contributed by atoms with Crippen molar-refractivity contribution in [1.29, 1.82) is 0 Å². The van der Waals surface area contributed by atoms with Gasteiger partial charge in [0.05, 0.1) is 18.7 Å². The SMILES string of the molecule is CC(=O)N[C@H]1CN(C(=O)OC(C)(C)C)[C@H](COC(c2ccccc2)(c2ccccc2)c2ccccc2)[C@H](O)[C@@H]1OC(C)=O. The summed E-state index contributed by atoms with van der Waals surface area (Å²) in [4.78, 5) is 39.1. The molecule has 9 heteroatoms. The second kappa shape index (κ2) is 13.4. The molecule has 1 saturated heterocycles. The number of hydrogen-bond acceptors (Lipinski definition) is 7. The number of ether oxygens (including phenoxy) is 3. The molecule has 3 aromatic rings. The van der Waals surface area contributed by atoms with E-state index in [4.69, 9.17) is 14.2 Å². The fraction of sp³-hybridized carbons (Fsp3) is 0.382. The predicted molar refractivity (Wildman–Crippen MR) is 161 cm³/mol. The van der Waals surface area contributed by atoms with Crippen molar-refractivity contribution in [2.75, 3.05) is 13.2 Å². The molecular formula is C34H40N2O7. The molecule has 0 saturated carbocycles. The van der Waals surface area contributed by atoms with E-state index in [1.54, 1.807) is 20.8 Å². The number of carbonyl (C=O) groups is 3. The molecular weight excluding hydrogens is 548 g/mol. The normalized spacial score (nSPS) is 20.7. The molecule has 0 radical (unpaired) electrons. The topological polar surface area (TPSA) is 114 Å². The predicted octanol–water partition coefficient (Wildman–Crippen LogP) is 4.41. The van der Waals surface area contributed by atoms with Crippen molar-refractivity contribution in [3.05, 3.63) is 108 Å². The van der Waals surface area contributed by atoms with E-state index in [-0.39, 0.29) is 13.2 Å². The van der Waals surface area contributed by atoms with Crippen molar-refractivity contribution >= 4 is 18.0 Å². The van der Waals surface area contributed by atoms with Gasteiger partial charge >= 0.3 is 12.1 Å². The van der Waals surface area contributed by atoms with Crippen molar-refractivity contribution in [2.24, 2.45) is 0 Å². The summed E-state index contributed by atoms with van der Waals surface area (Å²) in [5.74, 6) is -1.03. The van der Waals surface area contributed by atoms with Crippen LogP contribution in [0.1, 0.15) is 51.3 Å². The molecule has 0 bridgehead atoms. The number of likely N-dealkylation sites (tertiary alicyclic amines) is 1. The number of aliphatic hydroxyl groups is 1. The number of piperidine rings is 1. The van der Waals surface area contributed by atoms with E-state index >= 15 is 0 Å². The Morgan fingerprint density at radius 3 is 1.70 bits per heavy atom. The Labute approximate surface area is 252 Å². The maximum absolute atomic E-state index is 13.6. The minimum atomic E-state index is -1.41. The highest BCUT2D eigenvalue weighted by molar-refractivity contribution is 5.74. The summed E-state index contributed by atoms with van der Waals surface area (Å²) < 4.78 is 18.2. The lowest BCUT2D eigenvalue weighted by Crippen LogP contribution is -2.69. The molecule has 0 aromatic heterocycles. The molecule has 9 nitrogen and oxygen atoms in total. The van der Waals surface area contributed by atoms with Crippen LogP contribution in [0, 0.1) is 0 Å². The number of nitrogens with zero attached hydrogens (tertiary/aromatic N) is 1. The fourth-order valence-electron chi connectivity index (χ4n) is 5.52. The van der Waals surface area contributed by atoms with E-state index in [1.807, 2.05) is 91.0 Å². The number of rotatable bonds is 8. The van der Waals surface area contributed by atoms with E-state index in [0.717, 1.165) is 16.7 Å². The standard InChI is InChI=1S/C34H40N2O7/c1-23(37)35-28-21-36(32(40)43-33(3,4)5)29(30(39)31(28)42-24(2)38)22-41-34(25-15-9-6-10-16-25,26-17-11-7-12-18-26)27-19-13-8-14-20-27/h6-20,28-31,39H,21-22H2,1-5H3,(H,35,37)/t28-,29+,30-,31+/m0/s1. The molecule has 2 N–H and O–H groups in total. The van der Waals surface area contributed by atoms with Gasteiger partial charge in [-0.25, -0.2) is 4.79 Å². The first kappa shape index (κ1) is 31.7. The van der Waals surface area contributed by atoms with E-state index in [2.05, 4.69) is 5.32 Å². The average Bonchev–Trinajstić information content (AvgIpc) is 2.96. The average molecular weight is 589 g/mol. The van der Waals surface area contributed by atoms with Crippen LogP contribution in [0.15, 0.2) is 91.0 Å². The Balaban J connectivity index is 1.82. The second-order valence-electron chi connectivity index (χ2n) is 11.7. The van der Waals surface area contributed by atoms with Crippen LogP contribution in [-0.4, -0.2) is 71.0 Å². The van der Waals surface area contributed by atoms with Gasteiger partial charge in [0.25, 0.3) is 0 Å². The first-order valence-electron chi connectivity index (χ1n) is 14.3. The van der Waals surface area contributed by atoms with E-state index in [1.165, 1.54) is 18.7 Å². The summed E-state index contributed by atoms with van der Waals surface area (Å²) in [5.41, 5.74) is 0.567. The van der Waals surface area contributed by atoms with Crippen molar-refractivity contribution in [3.8, 4) is 0 Å². The van der Waals surface area contributed by atoms with Gasteiger partial charge in [-0.05, 0) is 37.5 Å². The number of nitrogens with one attached hydrogen (secondary N) is 1. The maximum atomic E-state index is 13.6. The van der Waals surface area contributed by atoms with Gasteiger partial charge < -0.3 is 24.6 Å². The van der Waals surface area contributed by atoms with Crippen molar-refractivity contribution in [3.63, 3.8) is 0 Å². The van der Waals surface area contributed by atoms with Crippen LogP contribution in [0.5, 0.6) is 0 Å². The number of carbonyl (C=O) groups excluding carboxylic acids is 3. The minimum Gasteiger partial charge on any atom is -0.457 e. The van der Waals surface area contributed by atoms with Crippen LogP contribution in [0.4, 0.5) is 4.79 Å². The molecule has 0 spiro atoms. The molecule has 3 aromatic carbocycles. The molecule has 2 amide bonds. The zero-order valence-electron chi connectivity index (χ0n) is 25.2. The Bertz CT molecular complexity index is 1280. The van der Waals surface area contributed by atoms with Crippen LogP contribution in [0.3, 0.4) is 0 Å². The molecule has 1 fully saturated rings. The molecule has 1 aliphatic heterocycles. The summed E-state index contributed by atoms with van der Waals surface area (Å²) in [6.07, 6.45) is -3.24. The number of amides is 2. The second-order valence-corrected chi connectivity index (χ2v) is 11.7. The molecule has 1 aliphatic rings. The van der Waals surface area contributed by atoms with Crippen LogP contribution in [-0.2, 0) is 29.4 Å². The van der Waals surface area contributed by atoms with Gasteiger partial charge in [-0.3, -0.25) is 14.5 Å². The molecule has 4 atom stereocenters. The summed E-state index contributed by atoms with van der Waals surface area (Å²) in [6.45, 7) is 7.54. The Morgan fingerprint density at radius 1 is 0.837 bits per heavy atom. The van der Waals surface area contributed by atoms with Crippen molar-refractivity contribution < 1.29 is 33.7 Å². The summed E-state index contributed by atoms with van der Waals surface area (Å²) >= 11 is 0. The van der Waals surface area contributed by atoms with Crippen molar-refractivity contribution in [1.82, 2.24) is 10.2 Å². The quantitative estimate of drug-likeness (QED) is 0.296. The van der Waals surface area contributed by atoms with Gasteiger partial charge in [0, 0.05) is 20.4 Å². The number of aliphatic hydroxyl groups excluding tert-OH is 1. The van der Waals surface area contributed by atoms with Crippen molar-refractivity contribution in [2.45, 2.75) is 70.1 Å². The number of benzene rings is 3. The third-order valence-corrected chi connectivity index (χ3v) is 7.25. The first-order chi connectivity index (χ1) is 20.4. The fourth-order valence-corrected chi connectivity index (χ4v) is 5.52. The third kappa shape index (κ3) is 7.42. The summed E-state index contributed by atoms with van der Waals surface area (Å²) in [7, 11) is 0. The Hall–Kier alpha value is -4.21. The van der Waals surface area contributed by atoms with Gasteiger partial charge in [0.15, 0.2) is 6.10 Å². The Kier molecular flexibility index (Phi) is 9.88. The zero-order valence-corrected chi connectivity index (χ0v) is 25.2. The van der Waals surface area contributed by atoms with Gasteiger partial charge in [-0.15, -0.1) is 0 Å². The van der Waals surface area contributed by atoms with Gasteiger partial charge in [-0.1, -0.05) is 91.0 Å². The molecule has 0 unspecified atom stereocenters. The monoisotopic (exact) mass is 588 g/mol. The van der Waals surface area contributed by atoms with Crippen LogP contribution in [0.25, 0.3) is 0 Å². The van der Waals surface area contributed by atoms with Crippen LogP contribution < -0.4 is 5.32 Å². The first-order valence-corrected chi connectivity index (χ1v) is 14.3. The molecule has 1 heterocycles. The molecule has 4 rings (SSSR count). The third-order valence-electron chi connectivity index (χ3n) is 7.25. The highest BCUT2D eigenvalue weighted by atomic mass is 16.6. The lowest BCUT2D eigenvalue weighted by atomic mass is 9.80. The van der Waals surface area contributed by atoms with Gasteiger partial charge in [0.1, 0.15) is 17.3 Å². The molecule has 228 valence electrons. The maximum Gasteiger partial charge on any atom is 0.410 e. The lowest BCUT2D eigenvalue weighted by Gasteiger charge is -2.47. The van der Waals surface area contributed by atoms with Gasteiger partial charge in [-0.2, -0.15) is 0 Å². The molecule has 0 aliphatic carbocycles. The van der Waals surface area contributed by atoms with Crippen LogP contribution in [0.2, 0.25) is 0 Å². The zero-order chi connectivity index (χ0) is 31.2. The lowest BCUT2D eigenvalue weighted by molar-refractivity contribution is -0.171. The summed E-state index contributed by atoms with van der Waals surface area (Å²) in [6, 6.07) is 27.3. The smallest absolute Gasteiger partial charge is 0.410 e. The van der Waals surface area contributed by atoms with Crippen LogP contribution >= 0.6 is 0 Å². The summed E-state index contributed by atoms with van der Waals surface area (Å²) in [5, 5.41) is 14.4. The highest BCUT2D eigenvalue weighted by Gasteiger charge is 2.49. The highest BCUT2D eigenvalue weighted by Crippen LogP contribution is 2.41.